The van der Waals surface area contributed by atoms with Crippen LogP contribution in [0.25, 0.3) is 0 Å². The Labute approximate surface area is 89.9 Å². The van der Waals surface area contributed by atoms with Gasteiger partial charge in [-0.15, -0.1) is 0 Å². The summed E-state index contributed by atoms with van der Waals surface area (Å²) in [6, 6.07) is 0.908. The minimum absolute atomic E-state index is 0.908. The highest BCUT2D eigenvalue weighted by atomic mass is 15.1. The summed E-state index contributed by atoms with van der Waals surface area (Å²) in [6.45, 7) is 9.63. The number of rotatable bonds is 5. The molecule has 0 aromatic rings. The van der Waals surface area contributed by atoms with Crippen LogP contribution in [0.1, 0.15) is 59.3 Å². The molecule has 14 heavy (non-hydrogen) atoms. The van der Waals surface area contributed by atoms with E-state index in [1.54, 1.807) is 0 Å². The Hall–Kier alpha value is -0.0400. The molecule has 0 N–H and O–H groups in total. The van der Waals surface area contributed by atoms with Crippen LogP contribution in [0.15, 0.2) is 0 Å². The van der Waals surface area contributed by atoms with Crippen LogP contribution in [-0.4, -0.2) is 24.0 Å². The fourth-order valence-corrected chi connectivity index (χ4v) is 2.66. The monoisotopic (exact) mass is 197 g/mol. The summed E-state index contributed by atoms with van der Waals surface area (Å²) in [5.74, 6) is 0.983. The second kappa shape index (κ2) is 6.44. The standard InChI is InChI=1S/C13H27N/c1-4-10-14(11-5-2)13-8-6-12(3)7-9-13/h12-13H,4-11H2,1-3H3. The van der Waals surface area contributed by atoms with Crippen molar-refractivity contribution < 1.29 is 0 Å². The predicted molar refractivity (Wildman–Crippen MR) is 63.6 cm³/mol. The van der Waals surface area contributed by atoms with Crippen LogP contribution in [0.3, 0.4) is 0 Å². The zero-order valence-electron chi connectivity index (χ0n) is 10.3. The number of hydrogen-bond donors (Lipinski definition) is 0. The third kappa shape index (κ3) is 3.61. The molecule has 1 saturated carbocycles. The molecule has 0 saturated heterocycles. The summed E-state index contributed by atoms with van der Waals surface area (Å²) in [5.41, 5.74) is 0. The zero-order chi connectivity index (χ0) is 10.4. The van der Waals surface area contributed by atoms with Gasteiger partial charge in [-0.3, -0.25) is 0 Å². The Morgan fingerprint density at radius 1 is 0.929 bits per heavy atom. The lowest BCUT2D eigenvalue weighted by atomic mass is 9.86. The van der Waals surface area contributed by atoms with Crippen LogP contribution < -0.4 is 0 Å². The van der Waals surface area contributed by atoms with E-state index in [2.05, 4.69) is 25.7 Å². The maximum atomic E-state index is 2.73. The van der Waals surface area contributed by atoms with Crippen molar-refractivity contribution in [3.05, 3.63) is 0 Å². The quantitative estimate of drug-likeness (QED) is 0.650. The maximum Gasteiger partial charge on any atom is 0.00954 e. The molecule has 84 valence electrons. The molecular formula is C13H27N. The molecule has 0 amide bonds. The van der Waals surface area contributed by atoms with Crippen LogP contribution in [0.4, 0.5) is 0 Å². The molecule has 1 aliphatic carbocycles. The highest BCUT2D eigenvalue weighted by molar-refractivity contribution is 4.77. The highest BCUT2D eigenvalue weighted by Gasteiger charge is 2.22. The highest BCUT2D eigenvalue weighted by Crippen LogP contribution is 2.27. The van der Waals surface area contributed by atoms with E-state index in [-0.39, 0.29) is 0 Å². The smallest absolute Gasteiger partial charge is 0.00954 e. The van der Waals surface area contributed by atoms with Gasteiger partial charge in [-0.05, 0) is 57.5 Å². The fourth-order valence-electron chi connectivity index (χ4n) is 2.66. The van der Waals surface area contributed by atoms with E-state index >= 15 is 0 Å². The number of hydrogen-bond acceptors (Lipinski definition) is 1. The minimum atomic E-state index is 0.908. The summed E-state index contributed by atoms with van der Waals surface area (Å²) in [5, 5.41) is 0. The Morgan fingerprint density at radius 2 is 1.43 bits per heavy atom. The largest absolute Gasteiger partial charge is 0.300 e. The molecule has 0 aromatic heterocycles. The molecule has 0 atom stereocenters. The minimum Gasteiger partial charge on any atom is -0.300 e. The topological polar surface area (TPSA) is 3.24 Å². The normalized spacial score (nSPS) is 28.3. The lowest BCUT2D eigenvalue weighted by Gasteiger charge is -2.35. The molecule has 1 fully saturated rings. The summed E-state index contributed by atoms with van der Waals surface area (Å²) < 4.78 is 0. The van der Waals surface area contributed by atoms with E-state index in [9.17, 15) is 0 Å². The SMILES string of the molecule is CCCN(CCC)C1CCC(C)CC1. The van der Waals surface area contributed by atoms with Crippen LogP contribution in [-0.2, 0) is 0 Å². The second-order valence-electron chi connectivity index (χ2n) is 4.95. The van der Waals surface area contributed by atoms with Gasteiger partial charge in [0.15, 0.2) is 0 Å². The van der Waals surface area contributed by atoms with Crippen LogP contribution in [0.2, 0.25) is 0 Å². The van der Waals surface area contributed by atoms with Crippen molar-refractivity contribution >= 4 is 0 Å². The van der Waals surface area contributed by atoms with Gasteiger partial charge in [0.1, 0.15) is 0 Å². The summed E-state index contributed by atoms with van der Waals surface area (Å²) >= 11 is 0. The van der Waals surface area contributed by atoms with Crippen molar-refractivity contribution in [3.63, 3.8) is 0 Å². The number of nitrogens with zero attached hydrogens (tertiary/aromatic N) is 1. The summed E-state index contributed by atoms with van der Waals surface area (Å²) in [6.07, 6.45) is 8.42. The van der Waals surface area contributed by atoms with Gasteiger partial charge < -0.3 is 4.90 Å². The molecule has 1 rings (SSSR count). The third-order valence-corrected chi connectivity index (χ3v) is 3.52. The first-order valence-electron chi connectivity index (χ1n) is 6.52. The first-order chi connectivity index (χ1) is 6.77. The molecule has 0 aliphatic heterocycles. The Morgan fingerprint density at radius 3 is 1.86 bits per heavy atom. The fraction of sp³-hybridized carbons (Fsp3) is 1.00. The van der Waals surface area contributed by atoms with Gasteiger partial charge in [-0.2, -0.15) is 0 Å². The molecule has 1 heteroatoms. The van der Waals surface area contributed by atoms with Crippen LogP contribution in [0.5, 0.6) is 0 Å². The summed E-state index contributed by atoms with van der Waals surface area (Å²) in [4.78, 5) is 2.73. The third-order valence-electron chi connectivity index (χ3n) is 3.52. The average Bonchev–Trinajstić information content (AvgIpc) is 2.19. The Bertz CT molecular complexity index is 130. The van der Waals surface area contributed by atoms with Gasteiger partial charge in [-0.1, -0.05) is 20.8 Å². The van der Waals surface area contributed by atoms with Crippen molar-refractivity contribution in [3.8, 4) is 0 Å². The van der Waals surface area contributed by atoms with Gasteiger partial charge in [0.2, 0.25) is 0 Å². The zero-order valence-corrected chi connectivity index (χ0v) is 10.3. The van der Waals surface area contributed by atoms with Crippen LogP contribution in [0, 0.1) is 5.92 Å². The van der Waals surface area contributed by atoms with E-state index in [1.807, 2.05) is 0 Å². The van der Waals surface area contributed by atoms with Crippen LogP contribution >= 0.6 is 0 Å². The van der Waals surface area contributed by atoms with Crippen molar-refractivity contribution in [1.29, 1.82) is 0 Å². The van der Waals surface area contributed by atoms with Crippen molar-refractivity contribution in [2.24, 2.45) is 5.92 Å². The van der Waals surface area contributed by atoms with Crippen molar-refractivity contribution in [2.45, 2.75) is 65.3 Å². The lowest BCUT2D eigenvalue weighted by Crippen LogP contribution is -2.38. The molecule has 0 radical (unpaired) electrons. The Kier molecular flexibility index (Phi) is 5.54. The molecular weight excluding hydrogens is 170 g/mol. The first-order valence-corrected chi connectivity index (χ1v) is 6.52. The van der Waals surface area contributed by atoms with Gasteiger partial charge >= 0.3 is 0 Å². The van der Waals surface area contributed by atoms with E-state index < -0.39 is 0 Å². The van der Waals surface area contributed by atoms with E-state index in [0.717, 1.165) is 12.0 Å². The van der Waals surface area contributed by atoms with Gasteiger partial charge in [0, 0.05) is 6.04 Å². The second-order valence-corrected chi connectivity index (χ2v) is 4.95. The molecule has 1 nitrogen and oxygen atoms in total. The Balaban J connectivity index is 2.34. The average molecular weight is 197 g/mol. The van der Waals surface area contributed by atoms with E-state index in [4.69, 9.17) is 0 Å². The van der Waals surface area contributed by atoms with Crippen molar-refractivity contribution in [1.82, 2.24) is 4.90 Å². The van der Waals surface area contributed by atoms with Crippen molar-refractivity contribution in [2.75, 3.05) is 13.1 Å². The molecule has 0 spiro atoms. The van der Waals surface area contributed by atoms with Gasteiger partial charge in [-0.25, -0.2) is 0 Å². The summed E-state index contributed by atoms with van der Waals surface area (Å²) in [7, 11) is 0. The maximum absolute atomic E-state index is 2.73. The molecule has 0 bridgehead atoms. The lowest BCUT2D eigenvalue weighted by molar-refractivity contribution is 0.140. The van der Waals surface area contributed by atoms with E-state index in [0.29, 0.717) is 0 Å². The molecule has 0 aromatic carbocycles. The molecule has 0 heterocycles. The van der Waals surface area contributed by atoms with Gasteiger partial charge in [0.25, 0.3) is 0 Å². The predicted octanol–water partition coefficient (Wildman–Crippen LogP) is 3.69. The molecule has 1 aliphatic rings. The first kappa shape index (κ1) is 12.0. The van der Waals surface area contributed by atoms with E-state index in [1.165, 1.54) is 51.6 Å². The van der Waals surface area contributed by atoms with Gasteiger partial charge in [0.05, 0.1) is 0 Å². The molecule has 0 unspecified atom stereocenters.